The van der Waals surface area contributed by atoms with Crippen molar-refractivity contribution in [2.75, 3.05) is 85.3 Å². The highest BCUT2D eigenvalue weighted by Crippen LogP contribution is 3.01. The molecule has 6 atom stereocenters. The first-order chi connectivity index (χ1) is 28.2. The first-order valence-corrected chi connectivity index (χ1v) is 17.0. The Kier molecular flexibility index (Phi) is 11.2. The van der Waals surface area contributed by atoms with Crippen molar-refractivity contribution >= 4 is 71.6 Å². The molecule has 0 aromatic heterocycles. The quantitative estimate of drug-likeness (QED) is 0.0821. The second kappa shape index (κ2) is 14.6. The normalized spacial score (nSPS) is 30.6. The van der Waals surface area contributed by atoms with Crippen molar-refractivity contribution in [1.29, 1.82) is 0 Å². The molecule has 0 aromatic rings. The lowest BCUT2D eigenvalue weighted by Gasteiger charge is -2.67. The van der Waals surface area contributed by atoms with Gasteiger partial charge in [0.25, 0.3) is 0 Å². The van der Waals surface area contributed by atoms with Gasteiger partial charge in [0.15, 0.2) is 0 Å². The molecule has 4 aliphatic rings. The molecule has 0 aromatic carbocycles. The van der Waals surface area contributed by atoms with Crippen LogP contribution in [0.15, 0.2) is 11.1 Å². The van der Waals surface area contributed by atoms with E-state index in [1.165, 1.54) is 0 Å². The second-order valence-corrected chi connectivity index (χ2v) is 13.6. The Morgan fingerprint density at radius 2 is 0.533 bits per heavy atom. The SMILES string of the molecule is COC(=O)C1=C(C(=O)OC)C2(C(=O)OC)CC1(C(=O)OC)C1(C(=O)OC)C3(C(=O)OC)CC(C(=O)OC)(C(C(=O)OC)(C(=O)OC)C3(C(=O)OC)C(=O)OC)C21C(=O)OC. The molecule has 24 nitrogen and oxygen atoms in total. The molecule has 4 rings (SSSR count). The van der Waals surface area contributed by atoms with Crippen molar-refractivity contribution in [3.63, 3.8) is 0 Å². The number of rotatable bonds is 12. The van der Waals surface area contributed by atoms with Gasteiger partial charge in [-0.3, -0.25) is 47.9 Å². The van der Waals surface area contributed by atoms with E-state index in [1.807, 2.05) is 0 Å². The van der Waals surface area contributed by atoms with Gasteiger partial charge in [0.2, 0.25) is 10.8 Å². The third-order valence-corrected chi connectivity index (χ3v) is 13.0. The van der Waals surface area contributed by atoms with Crippen LogP contribution in [0.3, 0.4) is 0 Å². The van der Waals surface area contributed by atoms with Crippen LogP contribution in [0, 0.1) is 43.3 Å². The highest BCUT2D eigenvalue weighted by Gasteiger charge is 3.18. The lowest BCUT2D eigenvalue weighted by molar-refractivity contribution is -0.280. The third kappa shape index (κ3) is 3.79. The first-order valence-electron chi connectivity index (χ1n) is 17.0. The van der Waals surface area contributed by atoms with Gasteiger partial charge >= 0.3 is 71.6 Å². The zero-order valence-corrected chi connectivity index (χ0v) is 34.2. The fourth-order valence-electron chi connectivity index (χ4n) is 12.0. The summed E-state index contributed by atoms with van der Waals surface area (Å²) < 4.78 is 61.5. The number of ether oxygens (including phenoxy) is 12. The summed E-state index contributed by atoms with van der Waals surface area (Å²) in [6, 6.07) is 0. The molecule has 4 bridgehead atoms. The van der Waals surface area contributed by atoms with E-state index < -0.39 is 139 Å². The second-order valence-electron chi connectivity index (χ2n) is 13.6. The van der Waals surface area contributed by atoms with Gasteiger partial charge in [-0.25, -0.2) is 9.59 Å². The highest BCUT2D eigenvalue weighted by molar-refractivity contribution is 6.29. The van der Waals surface area contributed by atoms with E-state index in [4.69, 9.17) is 56.8 Å². The standard InChI is InChI=1S/C36H40O24/c1-49-17(37)15-16(18(38)50-2)30(20(40)52-4)13-29(15,19(39)51-3)35(27(47)59-11)31(21(41)53-5)14-32(22(42)54-6,36(30,35)28(48)60-12)34(25(45)57-9,26(46)58-10)33(31,23(43)55-7)24(44)56-8/h13-14H2,1-12H3. The van der Waals surface area contributed by atoms with Crippen LogP contribution in [0.1, 0.15) is 12.8 Å². The van der Waals surface area contributed by atoms with E-state index >= 15 is 47.9 Å². The minimum Gasteiger partial charge on any atom is -0.469 e. The van der Waals surface area contributed by atoms with Gasteiger partial charge < -0.3 is 56.8 Å². The molecule has 0 radical (unpaired) electrons. The topological polar surface area (TPSA) is 316 Å². The maximum atomic E-state index is 15.8. The van der Waals surface area contributed by atoms with Crippen molar-refractivity contribution in [3.8, 4) is 0 Å². The minimum absolute atomic E-state index is 0.522. The monoisotopic (exact) mass is 856 g/mol. The summed E-state index contributed by atoms with van der Waals surface area (Å²) in [5.41, 5.74) is -36.0. The van der Waals surface area contributed by atoms with Crippen molar-refractivity contribution in [1.82, 2.24) is 0 Å². The van der Waals surface area contributed by atoms with Gasteiger partial charge in [0, 0.05) is 0 Å². The predicted molar refractivity (Wildman–Crippen MR) is 180 cm³/mol. The molecule has 3 fully saturated rings. The van der Waals surface area contributed by atoms with Gasteiger partial charge in [0.05, 0.1) is 96.5 Å². The fourth-order valence-corrected chi connectivity index (χ4v) is 12.0. The minimum atomic E-state index is -4.38. The van der Waals surface area contributed by atoms with Crippen LogP contribution < -0.4 is 0 Å². The highest BCUT2D eigenvalue weighted by atomic mass is 16.6. The van der Waals surface area contributed by atoms with E-state index in [9.17, 15) is 9.59 Å². The van der Waals surface area contributed by atoms with Gasteiger partial charge in [-0.15, -0.1) is 0 Å². The summed E-state index contributed by atoms with van der Waals surface area (Å²) >= 11 is 0. The molecule has 0 N–H and O–H groups in total. The number of fused-ring (bicyclic) bond motifs is 9. The Balaban J connectivity index is 2.97. The number of carbonyl (C=O) groups is 12. The van der Waals surface area contributed by atoms with Crippen molar-refractivity contribution in [3.05, 3.63) is 11.1 Å². The van der Waals surface area contributed by atoms with E-state index in [2.05, 4.69) is 0 Å². The van der Waals surface area contributed by atoms with Crippen LogP contribution in [0.4, 0.5) is 0 Å². The van der Waals surface area contributed by atoms with Crippen LogP contribution in [0.2, 0.25) is 0 Å². The lowest BCUT2D eigenvalue weighted by atomic mass is 9.27. The molecule has 0 heterocycles. The average Bonchev–Trinajstić information content (AvgIpc) is 3.93. The molecule has 4 aliphatic carbocycles. The van der Waals surface area contributed by atoms with Crippen LogP contribution in [-0.2, 0) is 114 Å². The zero-order chi connectivity index (χ0) is 46.0. The molecular weight excluding hydrogens is 816 g/mol. The van der Waals surface area contributed by atoms with Gasteiger partial charge in [0.1, 0.15) is 32.5 Å². The maximum absolute atomic E-state index is 15.8. The van der Waals surface area contributed by atoms with Crippen LogP contribution in [0.25, 0.3) is 0 Å². The number of methoxy groups -OCH3 is 12. The predicted octanol–water partition coefficient (Wildman–Crippen LogP) is -2.92. The summed E-state index contributed by atoms with van der Waals surface area (Å²) in [4.78, 5) is 183. The maximum Gasteiger partial charge on any atom is 0.335 e. The summed E-state index contributed by atoms with van der Waals surface area (Å²) in [6.45, 7) is 0. The van der Waals surface area contributed by atoms with E-state index in [0.717, 1.165) is 0 Å². The van der Waals surface area contributed by atoms with Crippen molar-refractivity contribution in [2.45, 2.75) is 12.8 Å². The Morgan fingerprint density at radius 1 is 0.300 bits per heavy atom. The van der Waals surface area contributed by atoms with Gasteiger partial charge in [-0.2, -0.15) is 0 Å². The molecule has 0 saturated heterocycles. The van der Waals surface area contributed by atoms with E-state index in [1.54, 1.807) is 0 Å². The average molecular weight is 857 g/mol. The van der Waals surface area contributed by atoms with Crippen LogP contribution >= 0.6 is 0 Å². The van der Waals surface area contributed by atoms with Gasteiger partial charge in [-0.1, -0.05) is 0 Å². The van der Waals surface area contributed by atoms with Crippen molar-refractivity contribution < 1.29 is 114 Å². The van der Waals surface area contributed by atoms with Crippen LogP contribution in [-0.4, -0.2) is 157 Å². The van der Waals surface area contributed by atoms with Crippen LogP contribution in [0.5, 0.6) is 0 Å². The smallest absolute Gasteiger partial charge is 0.335 e. The molecule has 328 valence electrons. The number of hydrogen-bond donors (Lipinski definition) is 0. The zero-order valence-electron chi connectivity index (χ0n) is 34.2. The Labute approximate surface area is 338 Å². The van der Waals surface area contributed by atoms with E-state index in [-0.39, 0.29) is 0 Å². The Bertz CT molecular complexity index is 1910. The summed E-state index contributed by atoms with van der Waals surface area (Å²) in [5, 5.41) is 0. The number of carbonyl (C=O) groups excluding carboxylic acids is 12. The lowest BCUT2D eigenvalue weighted by Crippen LogP contribution is -2.87. The summed E-state index contributed by atoms with van der Waals surface area (Å²) in [7, 11) is 6.82. The molecule has 6 unspecified atom stereocenters. The molecule has 60 heavy (non-hydrogen) atoms. The summed E-state index contributed by atoms with van der Waals surface area (Å²) in [5.74, 6) is -25.2. The number of esters is 12. The molecular formula is C36H40O24. The first kappa shape index (κ1) is 46.1. The van der Waals surface area contributed by atoms with Crippen molar-refractivity contribution in [2.24, 2.45) is 43.3 Å². The molecule has 24 heteroatoms. The van der Waals surface area contributed by atoms with E-state index in [0.29, 0.717) is 85.3 Å². The number of hydrogen-bond acceptors (Lipinski definition) is 24. The molecule has 0 amide bonds. The molecule has 3 saturated carbocycles. The van der Waals surface area contributed by atoms with Gasteiger partial charge in [-0.05, 0) is 12.8 Å². The fraction of sp³-hybridized carbons (Fsp3) is 0.611. The Morgan fingerprint density at radius 3 is 0.733 bits per heavy atom. The summed E-state index contributed by atoms with van der Waals surface area (Å²) in [6.07, 6.45) is -3.72. The molecule has 0 aliphatic heterocycles. The Hall–Kier alpha value is -6.62. The largest absolute Gasteiger partial charge is 0.469 e. The third-order valence-electron chi connectivity index (χ3n) is 13.0. The molecule has 0 spiro atoms.